The van der Waals surface area contributed by atoms with Crippen LogP contribution in [0.1, 0.15) is 36.0 Å². The second-order valence-corrected chi connectivity index (χ2v) is 8.65. The van der Waals surface area contributed by atoms with Gasteiger partial charge in [0.05, 0.1) is 11.4 Å². The van der Waals surface area contributed by atoms with Crippen molar-refractivity contribution in [2.24, 2.45) is 0 Å². The van der Waals surface area contributed by atoms with Gasteiger partial charge in [-0.1, -0.05) is 18.2 Å². The zero-order valence-electron chi connectivity index (χ0n) is 14.4. The average Bonchev–Trinajstić information content (AvgIpc) is 3.06. The van der Waals surface area contributed by atoms with Crippen LogP contribution in [0.25, 0.3) is 0 Å². The number of hydrogen-bond donors (Lipinski definition) is 1. The lowest BCUT2D eigenvalue weighted by Gasteiger charge is -2.31. The van der Waals surface area contributed by atoms with Crippen LogP contribution < -0.4 is 5.32 Å². The summed E-state index contributed by atoms with van der Waals surface area (Å²) >= 11 is 0. The van der Waals surface area contributed by atoms with Gasteiger partial charge in [-0.05, 0) is 31.4 Å². The molecule has 1 fully saturated rings. The van der Waals surface area contributed by atoms with E-state index >= 15 is 0 Å². The van der Waals surface area contributed by atoms with Gasteiger partial charge in [-0.15, -0.1) is 10.2 Å². The third-order valence-corrected chi connectivity index (χ3v) is 7.24. The fourth-order valence-electron chi connectivity index (χ4n) is 3.76. The van der Waals surface area contributed by atoms with E-state index in [4.69, 9.17) is 0 Å². The number of aryl methyl sites for hydroxylation is 1. The van der Waals surface area contributed by atoms with Crippen LogP contribution in [0, 0.1) is 6.92 Å². The fourth-order valence-corrected chi connectivity index (χ4v) is 5.45. The van der Waals surface area contributed by atoms with Gasteiger partial charge in [0.25, 0.3) is 0 Å². The SMILES string of the molecule is Cc1ccccc1S(=O)(=O)N1CCC(c2nnc3n2CCNC3)CC1. The second-order valence-electron chi connectivity index (χ2n) is 6.75. The lowest BCUT2D eigenvalue weighted by Crippen LogP contribution is -2.39. The van der Waals surface area contributed by atoms with Crippen LogP contribution in [0.4, 0.5) is 0 Å². The Balaban J connectivity index is 1.50. The zero-order chi connectivity index (χ0) is 17.4. The molecule has 0 bridgehead atoms. The van der Waals surface area contributed by atoms with Gasteiger partial charge in [0.15, 0.2) is 0 Å². The first-order valence-electron chi connectivity index (χ1n) is 8.76. The Kier molecular flexibility index (Phi) is 4.35. The highest BCUT2D eigenvalue weighted by molar-refractivity contribution is 7.89. The van der Waals surface area contributed by atoms with Crippen LogP contribution in [0.3, 0.4) is 0 Å². The molecule has 1 N–H and O–H groups in total. The van der Waals surface area contributed by atoms with Crippen molar-refractivity contribution in [3.05, 3.63) is 41.5 Å². The van der Waals surface area contributed by atoms with Crippen molar-refractivity contribution in [2.75, 3.05) is 19.6 Å². The number of rotatable bonds is 3. The Morgan fingerprint density at radius 1 is 1.12 bits per heavy atom. The quantitative estimate of drug-likeness (QED) is 0.890. The van der Waals surface area contributed by atoms with E-state index in [2.05, 4.69) is 20.1 Å². The minimum atomic E-state index is -3.42. The highest BCUT2D eigenvalue weighted by Gasteiger charge is 2.33. The van der Waals surface area contributed by atoms with Crippen LogP contribution in [0.15, 0.2) is 29.2 Å². The number of sulfonamides is 1. The number of piperidine rings is 1. The second kappa shape index (κ2) is 6.51. The van der Waals surface area contributed by atoms with Gasteiger partial charge >= 0.3 is 0 Å². The molecule has 8 heteroatoms. The molecule has 0 spiro atoms. The highest BCUT2D eigenvalue weighted by atomic mass is 32.2. The predicted molar refractivity (Wildman–Crippen MR) is 93.6 cm³/mol. The van der Waals surface area contributed by atoms with E-state index in [1.807, 2.05) is 19.1 Å². The molecular formula is C17H23N5O2S. The Labute approximate surface area is 148 Å². The van der Waals surface area contributed by atoms with Crippen molar-refractivity contribution in [3.63, 3.8) is 0 Å². The maximum atomic E-state index is 12.9. The predicted octanol–water partition coefficient (Wildman–Crippen LogP) is 1.26. The lowest BCUT2D eigenvalue weighted by atomic mass is 9.97. The summed E-state index contributed by atoms with van der Waals surface area (Å²) in [7, 11) is -3.42. The summed E-state index contributed by atoms with van der Waals surface area (Å²) in [5.41, 5.74) is 0.795. The number of fused-ring (bicyclic) bond motifs is 1. The summed E-state index contributed by atoms with van der Waals surface area (Å²) in [4.78, 5) is 0.416. The third-order valence-electron chi connectivity index (χ3n) is 5.18. The minimum absolute atomic E-state index is 0.280. The molecule has 25 heavy (non-hydrogen) atoms. The highest BCUT2D eigenvalue weighted by Crippen LogP contribution is 2.31. The first-order chi connectivity index (χ1) is 12.1. The Hall–Kier alpha value is -1.77. The number of aromatic nitrogens is 3. The molecule has 4 rings (SSSR count). The molecule has 134 valence electrons. The number of benzene rings is 1. The molecule has 2 aromatic rings. The van der Waals surface area contributed by atoms with E-state index in [0.717, 1.165) is 49.7 Å². The lowest BCUT2D eigenvalue weighted by molar-refractivity contribution is 0.307. The van der Waals surface area contributed by atoms with Crippen molar-refractivity contribution in [1.82, 2.24) is 24.4 Å². The first-order valence-corrected chi connectivity index (χ1v) is 10.2. The zero-order valence-corrected chi connectivity index (χ0v) is 15.2. The number of nitrogens with one attached hydrogen (secondary N) is 1. The molecule has 3 heterocycles. The molecule has 0 radical (unpaired) electrons. The third kappa shape index (κ3) is 2.98. The standard InChI is InChI=1S/C17H23N5O2S/c1-13-4-2-3-5-15(13)25(23,24)21-9-6-14(7-10-21)17-20-19-16-12-18-8-11-22(16)17/h2-5,14,18H,6-12H2,1H3. The van der Waals surface area contributed by atoms with E-state index in [1.54, 1.807) is 16.4 Å². The van der Waals surface area contributed by atoms with Gasteiger partial charge < -0.3 is 9.88 Å². The van der Waals surface area contributed by atoms with Crippen LogP contribution in [-0.2, 0) is 23.1 Å². The molecule has 2 aliphatic heterocycles. The van der Waals surface area contributed by atoms with Crippen LogP contribution in [0.2, 0.25) is 0 Å². The van der Waals surface area contributed by atoms with Crippen LogP contribution in [-0.4, -0.2) is 47.1 Å². The van der Waals surface area contributed by atoms with Crippen molar-refractivity contribution in [3.8, 4) is 0 Å². The van der Waals surface area contributed by atoms with Gasteiger partial charge in [0, 0.05) is 32.1 Å². The summed E-state index contributed by atoms with van der Waals surface area (Å²) in [6.07, 6.45) is 1.58. The van der Waals surface area contributed by atoms with Crippen LogP contribution in [0.5, 0.6) is 0 Å². The van der Waals surface area contributed by atoms with E-state index < -0.39 is 10.0 Å². The van der Waals surface area contributed by atoms with Crippen molar-refractivity contribution in [1.29, 1.82) is 0 Å². The molecule has 0 amide bonds. The average molecular weight is 361 g/mol. The first kappa shape index (κ1) is 16.7. The van der Waals surface area contributed by atoms with E-state index in [1.165, 1.54) is 0 Å². The van der Waals surface area contributed by atoms with Crippen molar-refractivity contribution in [2.45, 2.75) is 43.7 Å². The molecule has 7 nitrogen and oxygen atoms in total. The smallest absolute Gasteiger partial charge is 0.243 e. The maximum Gasteiger partial charge on any atom is 0.243 e. The Morgan fingerprint density at radius 2 is 1.88 bits per heavy atom. The van der Waals surface area contributed by atoms with Gasteiger partial charge in [-0.25, -0.2) is 8.42 Å². The molecule has 1 aromatic heterocycles. The molecule has 1 aromatic carbocycles. The molecule has 0 atom stereocenters. The molecule has 0 saturated carbocycles. The van der Waals surface area contributed by atoms with Gasteiger partial charge in [0.2, 0.25) is 10.0 Å². The maximum absolute atomic E-state index is 12.9. The molecule has 0 aliphatic carbocycles. The largest absolute Gasteiger partial charge is 0.312 e. The fraction of sp³-hybridized carbons (Fsp3) is 0.529. The Morgan fingerprint density at radius 3 is 2.64 bits per heavy atom. The van der Waals surface area contributed by atoms with Crippen molar-refractivity contribution < 1.29 is 8.42 Å². The topological polar surface area (TPSA) is 80.1 Å². The summed E-state index contributed by atoms with van der Waals surface area (Å²) < 4.78 is 29.6. The normalized spacial score (nSPS) is 19.7. The monoisotopic (exact) mass is 361 g/mol. The molecule has 0 unspecified atom stereocenters. The summed E-state index contributed by atoms with van der Waals surface area (Å²) in [6, 6.07) is 7.18. The summed E-state index contributed by atoms with van der Waals surface area (Å²) in [6.45, 7) is 5.48. The van der Waals surface area contributed by atoms with Gasteiger partial charge in [0.1, 0.15) is 11.6 Å². The minimum Gasteiger partial charge on any atom is -0.312 e. The molecule has 1 saturated heterocycles. The molecular weight excluding hydrogens is 338 g/mol. The van der Waals surface area contributed by atoms with Gasteiger partial charge in [-0.3, -0.25) is 0 Å². The number of nitrogens with zero attached hydrogens (tertiary/aromatic N) is 4. The summed E-state index contributed by atoms with van der Waals surface area (Å²) in [5, 5.41) is 12.0. The Bertz CT molecular complexity index is 869. The molecule has 2 aliphatic rings. The van der Waals surface area contributed by atoms with Crippen molar-refractivity contribution >= 4 is 10.0 Å². The van der Waals surface area contributed by atoms with E-state index in [9.17, 15) is 8.42 Å². The van der Waals surface area contributed by atoms with E-state index in [-0.39, 0.29) is 5.92 Å². The summed E-state index contributed by atoms with van der Waals surface area (Å²) in [5.74, 6) is 2.28. The number of hydrogen-bond acceptors (Lipinski definition) is 5. The van der Waals surface area contributed by atoms with Crippen LogP contribution >= 0.6 is 0 Å². The van der Waals surface area contributed by atoms with Gasteiger partial charge in [-0.2, -0.15) is 4.31 Å². The van der Waals surface area contributed by atoms with E-state index in [0.29, 0.717) is 18.0 Å².